The molecule has 1 unspecified atom stereocenters. The van der Waals surface area contributed by atoms with Gasteiger partial charge in [0.05, 0.1) is 6.54 Å². The number of anilines is 1. The number of benzene rings is 1. The minimum atomic E-state index is -0.392. The van der Waals surface area contributed by atoms with E-state index in [1.807, 2.05) is 14.0 Å². The number of carbonyl (C=O) groups is 1. The summed E-state index contributed by atoms with van der Waals surface area (Å²) in [7, 11) is 3.56. The molecule has 1 rings (SSSR count). The Bertz CT molecular complexity index is 398. The number of aryl methyl sites for hydroxylation is 2. The molecule has 0 radical (unpaired) electrons. The first-order valence-corrected chi connectivity index (χ1v) is 6.10. The van der Waals surface area contributed by atoms with Crippen LogP contribution < -0.4 is 10.2 Å². The maximum atomic E-state index is 11.1. The van der Waals surface area contributed by atoms with Crippen LogP contribution in [0.5, 0.6) is 0 Å². The van der Waals surface area contributed by atoms with Crippen LogP contribution in [0.2, 0.25) is 0 Å². The highest BCUT2D eigenvalue weighted by Crippen LogP contribution is 2.17. The maximum Gasteiger partial charge on any atom is 0.407 e. The fraction of sp³-hybridized carbons (Fsp3) is 0.500. The van der Waals surface area contributed by atoms with Gasteiger partial charge in [-0.1, -0.05) is 6.07 Å². The van der Waals surface area contributed by atoms with Crippen LogP contribution in [-0.4, -0.2) is 32.8 Å². The molecule has 0 spiro atoms. The van der Waals surface area contributed by atoms with Crippen LogP contribution in [0.25, 0.3) is 0 Å². The van der Waals surface area contributed by atoms with Crippen molar-refractivity contribution in [2.75, 3.05) is 25.5 Å². The van der Waals surface area contributed by atoms with Gasteiger partial charge in [-0.25, -0.2) is 4.79 Å². The van der Waals surface area contributed by atoms with Crippen LogP contribution in [0.3, 0.4) is 0 Å². The van der Waals surface area contributed by atoms with Crippen LogP contribution in [0.15, 0.2) is 18.2 Å². The largest absolute Gasteiger partial charge is 0.445 e. The van der Waals surface area contributed by atoms with E-state index < -0.39 is 6.09 Å². The van der Waals surface area contributed by atoms with Gasteiger partial charge in [0.2, 0.25) is 0 Å². The van der Waals surface area contributed by atoms with Gasteiger partial charge in [0.1, 0.15) is 6.10 Å². The van der Waals surface area contributed by atoms with Gasteiger partial charge in [-0.3, -0.25) is 0 Å². The molecule has 1 N–H and O–H groups in total. The zero-order valence-corrected chi connectivity index (χ0v) is 11.8. The van der Waals surface area contributed by atoms with Crippen molar-refractivity contribution in [1.82, 2.24) is 5.32 Å². The molecule has 0 heterocycles. The number of alkyl carbamates (subject to hydrolysis) is 1. The molecule has 0 saturated carbocycles. The topological polar surface area (TPSA) is 41.6 Å². The van der Waals surface area contributed by atoms with E-state index in [0.717, 1.165) is 5.69 Å². The molecular weight excluding hydrogens is 228 g/mol. The predicted octanol–water partition coefficient (Wildman–Crippen LogP) is 2.48. The van der Waals surface area contributed by atoms with Crippen LogP contribution >= 0.6 is 0 Å². The number of amides is 1. The van der Waals surface area contributed by atoms with E-state index in [1.165, 1.54) is 11.1 Å². The molecule has 1 aromatic carbocycles. The minimum absolute atomic E-state index is 0.157. The number of rotatable bonds is 4. The van der Waals surface area contributed by atoms with Gasteiger partial charge in [0, 0.05) is 19.8 Å². The molecule has 0 fully saturated rings. The third kappa shape index (κ3) is 4.28. The predicted molar refractivity (Wildman–Crippen MR) is 74.2 cm³/mol. The first-order valence-electron chi connectivity index (χ1n) is 6.10. The van der Waals surface area contributed by atoms with Crippen LogP contribution in [0, 0.1) is 13.8 Å². The number of hydrogen-bond donors (Lipinski definition) is 1. The van der Waals surface area contributed by atoms with E-state index in [4.69, 9.17) is 4.74 Å². The van der Waals surface area contributed by atoms with Crippen molar-refractivity contribution in [3.8, 4) is 0 Å². The van der Waals surface area contributed by atoms with Gasteiger partial charge in [0.25, 0.3) is 0 Å². The van der Waals surface area contributed by atoms with E-state index in [2.05, 4.69) is 42.3 Å². The lowest BCUT2D eigenvalue weighted by Crippen LogP contribution is -2.33. The summed E-state index contributed by atoms with van der Waals surface area (Å²) in [6, 6.07) is 6.39. The number of nitrogens with one attached hydrogen (secondary N) is 1. The molecular formula is C14H22N2O2. The Labute approximate surface area is 109 Å². The van der Waals surface area contributed by atoms with Crippen molar-refractivity contribution < 1.29 is 9.53 Å². The number of likely N-dealkylation sites (N-methyl/N-ethyl adjacent to an activating group) is 1. The molecule has 0 bridgehead atoms. The van der Waals surface area contributed by atoms with Gasteiger partial charge in [-0.05, 0) is 44.0 Å². The fourth-order valence-electron chi connectivity index (χ4n) is 1.94. The monoisotopic (exact) mass is 250 g/mol. The van der Waals surface area contributed by atoms with Gasteiger partial charge in [0.15, 0.2) is 0 Å². The van der Waals surface area contributed by atoms with Crippen LogP contribution in [0.1, 0.15) is 18.1 Å². The number of nitrogens with zero attached hydrogens (tertiary/aromatic N) is 1. The highest BCUT2D eigenvalue weighted by molar-refractivity contribution is 5.66. The number of hydrogen-bond acceptors (Lipinski definition) is 3. The van der Waals surface area contributed by atoms with Crippen molar-refractivity contribution in [2.45, 2.75) is 26.9 Å². The lowest BCUT2D eigenvalue weighted by atomic mass is 10.1. The average molecular weight is 250 g/mol. The molecule has 0 aliphatic carbocycles. The SMILES string of the molecule is CNC(=O)OC(C)CN(C)c1cc(C)cc(C)c1. The van der Waals surface area contributed by atoms with E-state index in [0.29, 0.717) is 6.54 Å². The molecule has 18 heavy (non-hydrogen) atoms. The van der Waals surface area contributed by atoms with Crippen molar-refractivity contribution in [3.63, 3.8) is 0 Å². The second-order valence-corrected chi connectivity index (χ2v) is 4.69. The first-order chi connectivity index (χ1) is 8.42. The van der Waals surface area contributed by atoms with Crippen molar-refractivity contribution >= 4 is 11.8 Å². The Hall–Kier alpha value is -1.71. The minimum Gasteiger partial charge on any atom is -0.445 e. The fourth-order valence-corrected chi connectivity index (χ4v) is 1.94. The van der Waals surface area contributed by atoms with Gasteiger partial charge >= 0.3 is 6.09 Å². The summed E-state index contributed by atoms with van der Waals surface area (Å²) in [6.45, 7) is 6.70. The second-order valence-electron chi connectivity index (χ2n) is 4.69. The molecule has 1 aromatic rings. The van der Waals surface area contributed by atoms with E-state index in [1.54, 1.807) is 7.05 Å². The van der Waals surface area contributed by atoms with E-state index in [-0.39, 0.29) is 6.10 Å². The quantitative estimate of drug-likeness (QED) is 0.892. The normalized spacial score (nSPS) is 11.8. The van der Waals surface area contributed by atoms with Crippen molar-refractivity contribution in [3.05, 3.63) is 29.3 Å². The number of carbonyl (C=O) groups excluding carboxylic acids is 1. The van der Waals surface area contributed by atoms with Gasteiger partial charge in [-0.2, -0.15) is 0 Å². The van der Waals surface area contributed by atoms with Crippen molar-refractivity contribution in [2.24, 2.45) is 0 Å². The lowest BCUT2D eigenvalue weighted by molar-refractivity contribution is 0.112. The molecule has 1 amide bonds. The standard InChI is InChI=1S/C14H22N2O2/c1-10-6-11(2)8-13(7-10)16(5)9-12(3)18-14(17)15-4/h6-8,12H,9H2,1-5H3,(H,15,17). The summed E-state index contributed by atoms with van der Waals surface area (Å²) in [4.78, 5) is 13.2. The molecule has 0 aliphatic rings. The Balaban J connectivity index is 2.64. The third-order valence-corrected chi connectivity index (χ3v) is 2.69. The maximum absolute atomic E-state index is 11.1. The smallest absolute Gasteiger partial charge is 0.407 e. The lowest BCUT2D eigenvalue weighted by Gasteiger charge is -2.24. The highest BCUT2D eigenvalue weighted by Gasteiger charge is 2.11. The van der Waals surface area contributed by atoms with E-state index in [9.17, 15) is 4.79 Å². The Morgan fingerprint density at radius 2 is 1.89 bits per heavy atom. The van der Waals surface area contributed by atoms with Crippen LogP contribution in [-0.2, 0) is 4.74 Å². The Morgan fingerprint density at radius 1 is 1.33 bits per heavy atom. The zero-order chi connectivity index (χ0) is 13.7. The number of ether oxygens (including phenoxy) is 1. The summed E-state index contributed by atoms with van der Waals surface area (Å²) in [5.74, 6) is 0. The Kier molecular flexibility index (Phi) is 5.01. The molecule has 1 atom stereocenters. The highest BCUT2D eigenvalue weighted by atomic mass is 16.6. The zero-order valence-electron chi connectivity index (χ0n) is 11.8. The molecule has 0 aromatic heterocycles. The van der Waals surface area contributed by atoms with Crippen LogP contribution in [0.4, 0.5) is 10.5 Å². The summed E-state index contributed by atoms with van der Waals surface area (Å²) in [6.07, 6.45) is -0.549. The molecule has 4 heteroatoms. The average Bonchev–Trinajstić information content (AvgIpc) is 2.27. The summed E-state index contributed by atoms with van der Waals surface area (Å²) in [5, 5.41) is 2.45. The Morgan fingerprint density at radius 3 is 2.39 bits per heavy atom. The summed E-state index contributed by atoms with van der Waals surface area (Å²) in [5.41, 5.74) is 3.60. The summed E-state index contributed by atoms with van der Waals surface area (Å²) >= 11 is 0. The molecule has 4 nitrogen and oxygen atoms in total. The second kappa shape index (κ2) is 6.28. The van der Waals surface area contributed by atoms with Gasteiger partial charge in [-0.15, -0.1) is 0 Å². The molecule has 0 saturated heterocycles. The summed E-state index contributed by atoms with van der Waals surface area (Å²) < 4.78 is 5.16. The molecule has 0 aliphatic heterocycles. The van der Waals surface area contributed by atoms with Crippen molar-refractivity contribution in [1.29, 1.82) is 0 Å². The van der Waals surface area contributed by atoms with E-state index >= 15 is 0 Å². The third-order valence-electron chi connectivity index (χ3n) is 2.69. The first kappa shape index (κ1) is 14.4. The van der Waals surface area contributed by atoms with Gasteiger partial charge < -0.3 is 15.0 Å². The molecule has 100 valence electrons.